The molecular weight excluding hydrogens is 394 g/mol. The van der Waals surface area contributed by atoms with E-state index in [-0.39, 0.29) is 24.9 Å². The molecule has 0 heterocycles. The molecule has 0 aliphatic rings. The highest BCUT2D eigenvalue weighted by atomic mass is 16.5. The zero-order chi connectivity index (χ0) is 23.5. The molecule has 0 aromatic heterocycles. The number of aliphatic hydroxyl groups is 1. The molecule has 6 nitrogen and oxygen atoms in total. The number of ether oxygens (including phenoxy) is 1. The number of likely N-dealkylation sites (N-methyl/N-ethyl adjacent to an activating group) is 1. The summed E-state index contributed by atoms with van der Waals surface area (Å²) in [5, 5.41) is 19.1. The third kappa shape index (κ3) is 21.4. The Bertz CT molecular complexity index is 537. The number of aliphatic hydroxyl groups excluding tert-OH is 1. The zero-order valence-corrected chi connectivity index (χ0v) is 20.2. The number of esters is 1. The number of aliphatic carboxylic acids is 1. The number of nitrogens with zero attached hydrogens (tertiary/aromatic N) is 1. The minimum Gasteiger partial charge on any atom is -0.481 e. The molecule has 0 aliphatic heterocycles. The Hall–Kier alpha value is -1.66. The topological polar surface area (TPSA) is 83.8 Å². The number of carboxylic acids is 1. The number of carbonyl (C=O) groups excluding carboxylic acids is 1. The van der Waals surface area contributed by atoms with Gasteiger partial charge in [-0.1, -0.05) is 50.5 Å². The summed E-state index contributed by atoms with van der Waals surface area (Å²) in [5.74, 6) is -1.33. The molecule has 0 radical (unpaired) electrons. The fraction of sp³-hybridized carbons (Fsp3) is 0.760. The molecule has 0 amide bonds. The maximum Gasteiger partial charge on any atom is 0.307 e. The van der Waals surface area contributed by atoms with E-state index in [9.17, 15) is 14.7 Å². The van der Waals surface area contributed by atoms with Gasteiger partial charge in [-0.2, -0.15) is 0 Å². The summed E-state index contributed by atoms with van der Waals surface area (Å²) in [5.41, 5.74) is 0. The van der Waals surface area contributed by atoms with E-state index in [0.717, 1.165) is 32.1 Å². The van der Waals surface area contributed by atoms with Crippen LogP contribution >= 0.6 is 0 Å². The van der Waals surface area contributed by atoms with Crippen LogP contribution in [0.25, 0.3) is 0 Å². The van der Waals surface area contributed by atoms with Crippen LogP contribution in [0.5, 0.6) is 0 Å². The molecule has 2 N–H and O–H groups in total. The van der Waals surface area contributed by atoms with Crippen molar-refractivity contribution in [2.75, 3.05) is 27.7 Å². The van der Waals surface area contributed by atoms with Gasteiger partial charge in [-0.05, 0) is 44.9 Å². The van der Waals surface area contributed by atoms with E-state index in [1.54, 1.807) is 0 Å². The van der Waals surface area contributed by atoms with Gasteiger partial charge in [0.15, 0.2) is 6.10 Å². The first-order valence-electron chi connectivity index (χ1n) is 11.8. The molecule has 180 valence electrons. The van der Waals surface area contributed by atoms with E-state index in [0.29, 0.717) is 23.9 Å². The monoisotopic (exact) mass is 440 g/mol. The van der Waals surface area contributed by atoms with E-state index in [1.165, 1.54) is 19.3 Å². The molecule has 0 saturated heterocycles. The molecule has 0 rings (SSSR count). The Balaban J connectivity index is 3.89. The Morgan fingerprint density at radius 3 is 2.23 bits per heavy atom. The molecule has 0 aromatic rings. The van der Waals surface area contributed by atoms with E-state index in [1.807, 2.05) is 21.1 Å². The van der Waals surface area contributed by atoms with Crippen LogP contribution in [0.3, 0.4) is 0 Å². The molecule has 2 unspecified atom stereocenters. The Morgan fingerprint density at radius 1 is 0.935 bits per heavy atom. The van der Waals surface area contributed by atoms with Crippen LogP contribution in [-0.4, -0.2) is 66.5 Å². The summed E-state index contributed by atoms with van der Waals surface area (Å²) in [6.07, 6.45) is 17.3. The van der Waals surface area contributed by atoms with Crippen LogP contribution in [0.2, 0.25) is 0 Å². The number of hydrogen-bond acceptors (Lipinski definition) is 4. The van der Waals surface area contributed by atoms with Gasteiger partial charge in [-0.3, -0.25) is 9.59 Å². The smallest absolute Gasteiger partial charge is 0.307 e. The third-order valence-corrected chi connectivity index (χ3v) is 4.87. The number of hydrogen-bond donors (Lipinski definition) is 2. The van der Waals surface area contributed by atoms with Crippen LogP contribution in [0.4, 0.5) is 0 Å². The number of quaternary nitrogens is 1. The van der Waals surface area contributed by atoms with Crippen molar-refractivity contribution in [1.29, 1.82) is 0 Å². The van der Waals surface area contributed by atoms with Crippen LogP contribution in [0.15, 0.2) is 24.3 Å². The average Bonchev–Trinajstić information content (AvgIpc) is 2.64. The van der Waals surface area contributed by atoms with E-state index < -0.39 is 12.1 Å². The van der Waals surface area contributed by atoms with Gasteiger partial charge in [0.05, 0.1) is 33.7 Å². The van der Waals surface area contributed by atoms with E-state index in [4.69, 9.17) is 9.84 Å². The maximum absolute atomic E-state index is 12.0. The van der Waals surface area contributed by atoms with Crippen molar-refractivity contribution in [3.8, 4) is 0 Å². The van der Waals surface area contributed by atoms with Gasteiger partial charge in [-0.25, -0.2) is 0 Å². The summed E-state index contributed by atoms with van der Waals surface area (Å²) in [7, 11) is 5.81. The third-order valence-electron chi connectivity index (χ3n) is 4.87. The molecule has 0 aliphatic carbocycles. The Labute approximate surface area is 189 Å². The number of carboxylic acid groups (broad SMARTS) is 1. The van der Waals surface area contributed by atoms with Crippen molar-refractivity contribution in [1.82, 2.24) is 0 Å². The normalized spacial score (nSPS) is 14.2. The Morgan fingerprint density at radius 2 is 1.61 bits per heavy atom. The lowest BCUT2D eigenvalue weighted by Crippen LogP contribution is -2.43. The molecule has 0 aromatic carbocycles. The molecule has 0 bridgehead atoms. The van der Waals surface area contributed by atoms with Crippen molar-refractivity contribution in [3.05, 3.63) is 24.3 Å². The van der Waals surface area contributed by atoms with Crippen LogP contribution in [0.1, 0.15) is 84.0 Å². The van der Waals surface area contributed by atoms with E-state index >= 15 is 0 Å². The van der Waals surface area contributed by atoms with Crippen molar-refractivity contribution in [2.24, 2.45) is 0 Å². The first-order chi connectivity index (χ1) is 14.6. The van der Waals surface area contributed by atoms with Gasteiger partial charge in [0.1, 0.15) is 6.54 Å². The second-order valence-electron chi connectivity index (χ2n) is 9.33. The second kappa shape index (κ2) is 18.0. The molecular formula is C25H46NO5+. The van der Waals surface area contributed by atoms with Gasteiger partial charge in [0.25, 0.3) is 0 Å². The van der Waals surface area contributed by atoms with Crippen molar-refractivity contribution < 1.29 is 29.0 Å². The van der Waals surface area contributed by atoms with Gasteiger partial charge < -0.3 is 19.4 Å². The lowest BCUT2D eigenvalue weighted by atomic mass is 10.1. The summed E-state index contributed by atoms with van der Waals surface area (Å²) < 4.78 is 5.90. The molecule has 6 heteroatoms. The first kappa shape index (κ1) is 29.3. The standard InChI is InChI=1S/C25H45NO5/c1-5-6-7-8-9-10-11-12-13-14-17-22(27)18-15-16-19-25(30)31-23(20-24(28)29)21-26(2,3)4/h9-10,12-13,22-23,27H,5-8,11,14-21H2,1-4H3/p+1/b10-9+,13-12+. The fourth-order valence-electron chi connectivity index (χ4n) is 3.30. The van der Waals surface area contributed by atoms with Crippen molar-refractivity contribution in [2.45, 2.75) is 96.2 Å². The molecule has 0 fully saturated rings. The Kier molecular flexibility index (Phi) is 17.0. The van der Waals surface area contributed by atoms with Gasteiger partial charge in [0, 0.05) is 6.42 Å². The van der Waals surface area contributed by atoms with Crippen molar-refractivity contribution >= 4 is 11.9 Å². The summed E-state index contributed by atoms with van der Waals surface area (Å²) in [6, 6.07) is 0. The van der Waals surface area contributed by atoms with Gasteiger partial charge in [-0.15, -0.1) is 0 Å². The van der Waals surface area contributed by atoms with Crippen molar-refractivity contribution in [3.63, 3.8) is 0 Å². The molecule has 31 heavy (non-hydrogen) atoms. The minimum absolute atomic E-state index is 0.178. The van der Waals surface area contributed by atoms with E-state index in [2.05, 4.69) is 31.2 Å². The lowest BCUT2D eigenvalue weighted by Gasteiger charge is -2.28. The lowest BCUT2D eigenvalue weighted by molar-refractivity contribution is -0.873. The number of allylic oxidation sites excluding steroid dienone is 4. The SMILES string of the molecule is CCCCC/C=C/C/C=C/CCC(O)CCCCC(=O)OC(CC(=O)O)C[N+](C)(C)C. The molecule has 0 spiro atoms. The highest BCUT2D eigenvalue weighted by molar-refractivity contribution is 5.71. The maximum atomic E-state index is 12.0. The predicted octanol–water partition coefficient (Wildman–Crippen LogP) is 4.86. The van der Waals surface area contributed by atoms with Crippen LogP contribution in [-0.2, 0) is 14.3 Å². The van der Waals surface area contributed by atoms with Crippen LogP contribution < -0.4 is 0 Å². The average molecular weight is 441 g/mol. The molecule has 2 atom stereocenters. The summed E-state index contributed by atoms with van der Waals surface area (Å²) in [4.78, 5) is 23.0. The second-order valence-corrected chi connectivity index (χ2v) is 9.33. The highest BCUT2D eigenvalue weighted by Gasteiger charge is 2.24. The number of carbonyl (C=O) groups is 2. The predicted molar refractivity (Wildman–Crippen MR) is 126 cm³/mol. The number of rotatable bonds is 19. The summed E-state index contributed by atoms with van der Waals surface area (Å²) >= 11 is 0. The minimum atomic E-state index is -0.966. The van der Waals surface area contributed by atoms with Gasteiger partial charge in [0.2, 0.25) is 0 Å². The molecule has 0 saturated carbocycles. The largest absolute Gasteiger partial charge is 0.481 e. The fourth-order valence-corrected chi connectivity index (χ4v) is 3.30. The van der Waals surface area contributed by atoms with Gasteiger partial charge >= 0.3 is 11.9 Å². The highest BCUT2D eigenvalue weighted by Crippen LogP contribution is 2.12. The zero-order valence-electron chi connectivity index (χ0n) is 20.2. The first-order valence-corrected chi connectivity index (χ1v) is 11.8. The number of unbranched alkanes of at least 4 members (excludes halogenated alkanes) is 4. The summed E-state index contributed by atoms with van der Waals surface area (Å²) in [6.45, 7) is 2.67. The van der Waals surface area contributed by atoms with Crippen LogP contribution in [0, 0.1) is 0 Å². The quantitative estimate of drug-likeness (QED) is 0.130.